The number of carbonyl (C=O) groups is 1. The van der Waals surface area contributed by atoms with Gasteiger partial charge in [0.15, 0.2) is 0 Å². The van der Waals surface area contributed by atoms with E-state index in [1.807, 2.05) is 24.3 Å². The molecule has 19 heavy (non-hydrogen) atoms. The highest BCUT2D eigenvalue weighted by Gasteiger charge is 2.23. The second-order valence-corrected chi connectivity index (χ2v) is 4.71. The Labute approximate surface area is 110 Å². The van der Waals surface area contributed by atoms with Gasteiger partial charge in [0.25, 0.3) is 0 Å². The molecular formula is C14H14N2O3. The van der Waals surface area contributed by atoms with Crippen LogP contribution in [0.2, 0.25) is 0 Å². The van der Waals surface area contributed by atoms with Crippen LogP contribution in [0.15, 0.2) is 30.5 Å². The molecule has 5 nitrogen and oxygen atoms in total. The van der Waals surface area contributed by atoms with Crippen LogP contribution in [0.3, 0.4) is 0 Å². The highest BCUT2D eigenvalue weighted by Crippen LogP contribution is 2.28. The zero-order valence-electron chi connectivity index (χ0n) is 10.5. The quantitative estimate of drug-likeness (QED) is 0.913. The van der Waals surface area contributed by atoms with E-state index in [1.165, 1.54) is 5.56 Å². The molecule has 1 N–H and O–H groups in total. The first kappa shape index (κ1) is 11.8. The predicted octanol–water partition coefficient (Wildman–Crippen LogP) is 1.89. The normalized spacial score (nSPS) is 17.0. The third-order valence-electron chi connectivity index (χ3n) is 3.28. The Balaban J connectivity index is 1.74. The van der Waals surface area contributed by atoms with Gasteiger partial charge < -0.3 is 9.84 Å². The van der Waals surface area contributed by atoms with Crippen molar-refractivity contribution >= 4 is 5.97 Å². The molecule has 1 aliphatic heterocycles. The molecule has 1 aromatic heterocycles. The van der Waals surface area contributed by atoms with Crippen LogP contribution in [0.5, 0.6) is 5.75 Å². The summed E-state index contributed by atoms with van der Waals surface area (Å²) in [5.74, 6) is -0.0331. The molecule has 0 saturated heterocycles. The van der Waals surface area contributed by atoms with Crippen molar-refractivity contribution in [2.45, 2.75) is 26.0 Å². The van der Waals surface area contributed by atoms with Gasteiger partial charge in [-0.05, 0) is 18.6 Å². The number of nitrogens with zero attached hydrogens (tertiary/aromatic N) is 2. The van der Waals surface area contributed by atoms with E-state index >= 15 is 0 Å². The Bertz CT molecular complexity index is 608. The molecule has 1 aromatic carbocycles. The Hall–Kier alpha value is -2.30. The summed E-state index contributed by atoms with van der Waals surface area (Å²) in [5, 5.41) is 13.2. The highest BCUT2D eigenvalue weighted by atomic mass is 16.5. The first-order valence-electron chi connectivity index (χ1n) is 6.15. The molecule has 0 radical (unpaired) electrons. The molecule has 2 aromatic rings. The number of hydrogen-bond acceptors (Lipinski definition) is 3. The number of para-hydroxylation sites is 1. The van der Waals surface area contributed by atoms with Crippen molar-refractivity contribution in [2.75, 3.05) is 0 Å². The van der Waals surface area contributed by atoms with Crippen molar-refractivity contribution in [1.82, 2.24) is 9.78 Å². The molecule has 98 valence electrons. The summed E-state index contributed by atoms with van der Waals surface area (Å²) in [6, 6.07) is 7.94. The average molecular weight is 258 g/mol. The molecule has 1 unspecified atom stereocenters. The minimum absolute atomic E-state index is 0.0124. The molecule has 3 rings (SSSR count). The topological polar surface area (TPSA) is 64.4 Å². The van der Waals surface area contributed by atoms with E-state index in [1.54, 1.807) is 17.8 Å². The van der Waals surface area contributed by atoms with E-state index in [2.05, 4.69) is 5.10 Å². The number of carboxylic acids is 1. The van der Waals surface area contributed by atoms with Crippen LogP contribution in [0.4, 0.5) is 0 Å². The van der Waals surface area contributed by atoms with Gasteiger partial charge in [0.2, 0.25) is 0 Å². The van der Waals surface area contributed by atoms with Crippen LogP contribution >= 0.6 is 0 Å². The number of hydrogen-bond donors (Lipinski definition) is 1. The number of fused-ring (bicyclic) bond motifs is 1. The van der Waals surface area contributed by atoms with Gasteiger partial charge in [0.05, 0.1) is 12.2 Å². The Morgan fingerprint density at radius 3 is 3.00 bits per heavy atom. The third kappa shape index (κ3) is 2.19. The molecule has 1 atom stereocenters. The summed E-state index contributed by atoms with van der Waals surface area (Å²) in [5.41, 5.74) is 1.97. The molecule has 0 bridgehead atoms. The second kappa shape index (κ2) is 4.42. The van der Waals surface area contributed by atoms with E-state index < -0.39 is 5.97 Å². The number of rotatable bonds is 3. The van der Waals surface area contributed by atoms with Crippen molar-refractivity contribution in [1.29, 1.82) is 0 Å². The summed E-state index contributed by atoms with van der Waals surface area (Å²) in [6.07, 6.45) is 2.40. The average Bonchev–Trinajstić information content (AvgIpc) is 2.92. The molecule has 5 heteroatoms. The summed E-state index contributed by atoms with van der Waals surface area (Å²) >= 11 is 0. The Kier molecular flexibility index (Phi) is 2.74. The van der Waals surface area contributed by atoms with Gasteiger partial charge in [0.1, 0.15) is 17.4 Å². The SMILES string of the molecule is Cc1nn(CC2Cc3ccccc3O2)cc1C(=O)O. The van der Waals surface area contributed by atoms with Gasteiger partial charge in [-0.2, -0.15) is 5.10 Å². The first-order valence-corrected chi connectivity index (χ1v) is 6.15. The summed E-state index contributed by atoms with van der Waals surface area (Å²) < 4.78 is 7.46. The number of ether oxygens (including phenoxy) is 1. The van der Waals surface area contributed by atoms with Crippen molar-refractivity contribution < 1.29 is 14.6 Å². The Morgan fingerprint density at radius 1 is 1.53 bits per heavy atom. The summed E-state index contributed by atoms with van der Waals surface area (Å²) in [6.45, 7) is 2.26. The van der Waals surface area contributed by atoms with Crippen LogP contribution in [-0.2, 0) is 13.0 Å². The number of aromatic carboxylic acids is 1. The number of aryl methyl sites for hydroxylation is 1. The zero-order chi connectivity index (χ0) is 13.4. The van der Waals surface area contributed by atoms with E-state index in [0.29, 0.717) is 12.2 Å². The molecule has 2 heterocycles. The molecule has 0 spiro atoms. The van der Waals surface area contributed by atoms with Crippen LogP contribution in [0.1, 0.15) is 21.6 Å². The number of aromatic nitrogens is 2. The second-order valence-electron chi connectivity index (χ2n) is 4.71. The minimum atomic E-state index is -0.945. The first-order chi connectivity index (χ1) is 9.13. The monoisotopic (exact) mass is 258 g/mol. The Morgan fingerprint density at radius 2 is 2.32 bits per heavy atom. The maximum atomic E-state index is 11.0. The van der Waals surface area contributed by atoms with Gasteiger partial charge in [-0.3, -0.25) is 4.68 Å². The fourth-order valence-corrected chi connectivity index (χ4v) is 2.39. The lowest BCUT2D eigenvalue weighted by molar-refractivity contribution is 0.0696. The van der Waals surface area contributed by atoms with E-state index in [-0.39, 0.29) is 11.7 Å². The van der Waals surface area contributed by atoms with Crippen LogP contribution in [0, 0.1) is 6.92 Å². The van der Waals surface area contributed by atoms with Crippen molar-refractivity contribution in [3.8, 4) is 5.75 Å². The summed E-state index contributed by atoms with van der Waals surface area (Å²) in [4.78, 5) is 11.0. The maximum Gasteiger partial charge on any atom is 0.339 e. The molecule has 1 aliphatic rings. The lowest BCUT2D eigenvalue weighted by atomic mass is 10.1. The van der Waals surface area contributed by atoms with E-state index in [9.17, 15) is 4.79 Å². The van der Waals surface area contributed by atoms with Crippen molar-refractivity contribution in [3.05, 3.63) is 47.3 Å². The zero-order valence-corrected chi connectivity index (χ0v) is 10.5. The van der Waals surface area contributed by atoms with Gasteiger partial charge in [-0.25, -0.2) is 4.79 Å². The van der Waals surface area contributed by atoms with E-state index in [4.69, 9.17) is 9.84 Å². The fraction of sp³-hybridized carbons (Fsp3) is 0.286. The van der Waals surface area contributed by atoms with Crippen molar-refractivity contribution in [2.24, 2.45) is 0 Å². The van der Waals surface area contributed by atoms with Crippen molar-refractivity contribution in [3.63, 3.8) is 0 Å². The lowest BCUT2D eigenvalue weighted by Crippen LogP contribution is -2.21. The predicted molar refractivity (Wildman–Crippen MR) is 68.5 cm³/mol. The van der Waals surface area contributed by atoms with Gasteiger partial charge in [0, 0.05) is 12.6 Å². The highest BCUT2D eigenvalue weighted by molar-refractivity contribution is 5.88. The van der Waals surface area contributed by atoms with E-state index in [0.717, 1.165) is 12.2 Å². The van der Waals surface area contributed by atoms with Gasteiger partial charge in [-0.1, -0.05) is 18.2 Å². The molecule has 0 aliphatic carbocycles. The largest absolute Gasteiger partial charge is 0.488 e. The fourth-order valence-electron chi connectivity index (χ4n) is 2.39. The number of carboxylic acid groups (broad SMARTS) is 1. The molecule has 0 amide bonds. The molecule has 0 saturated carbocycles. The van der Waals surface area contributed by atoms with Crippen LogP contribution in [-0.4, -0.2) is 27.0 Å². The number of benzene rings is 1. The molecule has 0 fully saturated rings. The van der Waals surface area contributed by atoms with Gasteiger partial charge in [-0.15, -0.1) is 0 Å². The maximum absolute atomic E-state index is 11.0. The standard InChI is InChI=1S/C14H14N2O3/c1-9-12(14(17)18)8-16(15-9)7-11-6-10-4-2-3-5-13(10)19-11/h2-5,8,11H,6-7H2,1H3,(H,17,18). The van der Waals surface area contributed by atoms with Crippen LogP contribution in [0.25, 0.3) is 0 Å². The van der Waals surface area contributed by atoms with Gasteiger partial charge >= 0.3 is 5.97 Å². The summed E-state index contributed by atoms with van der Waals surface area (Å²) in [7, 11) is 0. The molecular weight excluding hydrogens is 244 g/mol. The minimum Gasteiger partial charge on any atom is -0.488 e. The third-order valence-corrected chi connectivity index (χ3v) is 3.28. The lowest BCUT2D eigenvalue weighted by Gasteiger charge is -2.10. The smallest absolute Gasteiger partial charge is 0.339 e. The van der Waals surface area contributed by atoms with Crippen LogP contribution < -0.4 is 4.74 Å².